The molecule has 2 N–H and O–H groups in total. The fraction of sp³-hybridized carbons (Fsp3) is 0.333. The first-order chi connectivity index (χ1) is 9.69. The van der Waals surface area contributed by atoms with Gasteiger partial charge in [0.25, 0.3) is 0 Å². The summed E-state index contributed by atoms with van der Waals surface area (Å²) in [6.45, 7) is 3.89. The molecule has 20 heavy (non-hydrogen) atoms. The monoisotopic (exact) mass is 269 g/mol. The predicted molar refractivity (Wildman–Crippen MR) is 82.5 cm³/mol. The van der Waals surface area contributed by atoms with Crippen molar-refractivity contribution in [3.63, 3.8) is 0 Å². The smallest absolute Gasteiger partial charge is 0.138 e. The van der Waals surface area contributed by atoms with Crippen LogP contribution in [0.15, 0.2) is 30.3 Å². The largest absolute Gasteiger partial charge is 0.384 e. The Kier molecular flexibility index (Phi) is 3.18. The van der Waals surface area contributed by atoms with Gasteiger partial charge in [-0.2, -0.15) is 0 Å². The molecule has 0 amide bonds. The van der Waals surface area contributed by atoms with Crippen LogP contribution >= 0.6 is 0 Å². The third-order valence-electron chi connectivity index (χ3n) is 3.61. The molecule has 0 aliphatic carbocycles. The van der Waals surface area contributed by atoms with Gasteiger partial charge in [0, 0.05) is 32.6 Å². The van der Waals surface area contributed by atoms with E-state index in [0.29, 0.717) is 5.82 Å². The Hall–Kier alpha value is -2.30. The van der Waals surface area contributed by atoms with Crippen LogP contribution in [0.3, 0.4) is 0 Å². The Morgan fingerprint density at radius 1 is 1.15 bits per heavy atom. The topological polar surface area (TPSA) is 58.3 Å². The summed E-state index contributed by atoms with van der Waals surface area (Å²) >= 11 is 0. The van der Waals surface area contributed by atoms with Crippen LogP contribution in [0.1, 0.15) is 12.7 Å². The Labute approximate surface area is 119 Å². The summed E-state index contributed by atoms with van der Waals surface area (Å²) in [4.78, 5) is 13.3. The van der Waals surface area contributed by atoms with E-state index in [-0.39, 0.29) is 0 Å². The minimum absolute atomic E-state index is 0.531. The number of hydrogen-bond donors (Lipinski definition) is 1. The molecule has 2 aromatic rings. The zero-order valence-corrected chi connectivity index (χ0v) is 11.9. The van der Waals surface area contributed by atoms with Crippen molar-refractivity contribution in [3.8, 4) is 0 Å². The Morgan fingerprint density at radius 2 is 1.90 bits per heavy atom. The average Bonchev–Trinajstić information content (AvgIpc) is 2.47. The second-order valence-electron chi connectivity index (χ2n) is 4.98. The van der Waals surface area contributed by atoms with E-state index in [1.165, 1.54) is 11.4 Å². The van der Waals surface area contributed by atoms with Gasteiger partial charge >= 0.3 is 0 Å². The van der Waals surface area contributed by atoms with E-state index in [0.717, 1.165) is 31.2 Å². The summed E-state index contributed by atoms with van der Waals surface area (Å²) in [6.07, 6.45) is 0.785. The van der Waals surface area contributed by atoms with Crippen molar-refractivity contribution < 1.29 is 0 Å². The van der Waals surface area contributed by atoms with Crippen molar-refractivity contribution in [3.05, 3.63) is 36.2 Å². The number of nitrogens with zero attached hydrogens (tertiary/aromatic N) is 4. The summed E-state index contributed by atoms with van der Waals surface area (Å²) < 4.78 is 0. The van der Waals surface area contributed by atoms with E-state index in [2.05, 4.69) is 51.1 Å². The SMILES string of the molecule is CCc1nc(N)cc(N2CCN(C)c3ccccc32)n1. The molecule has 0 bridgehead atoms. The number of rotatable bonds is 2. The van der Waals surface area contributed by atoms with Crippen molar-refractivity contribution in [2.24, 2.45) is 0 Å². The zero-order chi connectivity index (χ0) is 14.1. The van der Waals surface area contributed by atoms with E-state index in [1.807, 2.05) is 13.0 Å². The van der Waals surface area contributed by atoms with E-state index < -0.39 is 0 Å². The van der Waals surface area contributed by atoms with Crippen LogP contribution in [0.5, 0.6) is 0 Å². The second kappa shape index (κ2) is 5.00. The summed E-state index contributed by atoms with van der Waals surface area (Å²) in [6, 6.07) is 10.2. The molecule has 0 unspecified atom stereocenters. The molecule has 1 aromatic heterocycles. The van der Waals surface area contributed by atoms with E-state index in [4.69, 9.17) is 5.73 Å². The van der Waals surface area contributed by atoms with Gasteiger partial charge in [-0.1, -0.05) is 19.1 Å². The van der Waals surface area contributed by atoms with Crippen LogP contribution in [0.25, 0.3) is 0 Å². The van der Waals surface area contributed by atoms with Crippen LogP contribution < -0.4 is 15.5 Å². The number of benzene rings is 1. The van der Waals surface area contributed by atoms with Gasteiger partial charge in [0.2, 0.25) is 0 Å². The lowest BCUT2D eigenvalue weighted by atomic mass is 10.1. The van der Waals surface area contributed by atoms with Crippen molar-refractivity contribution in [1.29, 1.82) is 0 Å². The molecule has 1 aliphatic heterocycles. The first-order valence-electron chi connectivity index (χ1n) is 6.90. The Bertz CT molecular complexity index is 625. The fourth-order valence-electron chi connectivity index (χ4n) is 2.54. The zero-order valence-electron chi connectivity index (χ0n) is 11.9. The summed E-state index contributed by atoms with van der Waals surface area (Å²) in [5.41, 5.74) is 8.29. The van der Waals surface area contributed by atoms with Crippen molar-refractivity contribution in [2.45, 2.75) is 13.3 Å². The number of hydrogen-bond acceptors (Lipinski definition) is 5. The number of aryl methyl sites for hydroxylation is 1. The van der Waals surface area contributed by atoms with Crippen molar-refractivity contribution in [1.82, 2.24) is 9.97 Å². The fourth-order valence-corrected chi connectivity index (χ4v) is 2.54. The average molecular weight is 269 g/mol. The highest BCUT2D eigenvalue weighted by atomic mass is 15.3. The van der Waals surface area contributed by atoms with E-state index in [1.54, 1.807) is 0 Å². The summed E-state index contributed by atoms with van der Waals surface area (Å²) in [5, 5.41) is 0. The van der Waals surface area contributed by atoms with Gasteiger partial charge in [-0.25, -0.2) is 9.97 Å². The molecular weight excluding hydrogens is 250 g/mol. The summed E-state index contributed by atoms with van der Waals surface area (Å²) in [5.74, 6) is 2.20. The number of fused-ring (bicyclic) bond motifs is 1. The van der Waals surface area contributed by atoms with Gasteiger partial charge in [0.15, 0.2) is 0 Å². The predicted octanol–water partition coefficient (Wildman–Crippen LogP) is 2.21. The third-order valence-corrected chi connectivity index (χ3v) is 3.61. The number of aromatic nitrogens is 2. The summed E-state index contributed by atoms with van der Waals surface area (Å²) in [7, 11) is 2.11. The molecule has 0 saturated carbocycles. The van der Waals surface area contributed by atoms with Crippen LogP contribution in [0.2, 0.25) is 0 Å². The third kappa shape index (κ3) is 2.15. The van der Waals surface area contributed by atoms with Gasteiger partial charge in [-0.3, -0.25) is 0 Å². The van der Waals surface area contributed by atoms with Crippen LogP contribution in [0.4, 0.5) is 23.0 Å². The lowest BCUT2D eigenvalue weighted by molar-refractivity contribution is 0.804. The number of nitrogen functional groups attached to an aromatic ring is 1. The first-order valence-corrected chi connectivity index (χ1v) is 6.90. The van der Waals surface area contributed by atoms with Crippen LogP contribution in [-0.4, -0.2) is 30.1 Å². The first kappa shape index (κ1) is 12.7. The van der Waals surface area contributed by atoms with Gasteiger partial charge < -0.3 is 15.5 Å². The van der Waals surface area contributed by atoms with Crippen LogP contribution in [-0.2, 0) is 6.42 Å². The highest BCUT2D eigenvalue weighted by Crippen LogP contribution is 2.36. The highest BCUT2D eigenvalue weighted by molar-refractivity contribution is 5.78. The number of nitrogens with two attached hydrogens (primary N) is 1. The molecule has 5 heteroatoms. The minimum Gasteiger partial charge on any atom is -0.384 e. The van der Waals surface area contributed by atoms with Crippen molar-refractivity contribution >= 4 is 23.0 Å². The molecule has 0 saturated heterocycles. The maximum Gasteiger partial charge on any atom is 0.138 e. The van der Waals surface area contributed by atoms with Gasteiger partial charge in [0.1, 0.15) is 17.5 Å². The Morgan fingerprint density at radius 3 is 2.65 bits per heavy atom. The molecule has 104 valence electrons. The molecule has 5 nitrogen and oxygen atoms in total. The maximum atomic E-state index is 5.90. The van der Waals surface area contributed by atoms with Crippen LogP contribution in [0, 0.1) is 0 Å². The molecule has 0 radical (unpaired) electrons. The number of likely N-dealkylation sites (N-methyl/N-ethyl adjacent to an activating group) is 1. The standard InChI is InChI=1S/C15H19N5/c1-3-14-17-13(16)10-15(18-14)20-9-8-19(2)11-6-4-5-7-12(11)20/h4-7,10H,3,8-9H2,1-2H3,(H2,16,17,18). The molecule has 2 heterocycles. The molecule has 0 fully saturated rings. The van der Waals surface area contributed by atoms with Gasteiger partial charge in [-0.05, 0) is 12.1 Å². The number of anilines is 4. The molecule has 1 aliphatic rings. The quantitative estimate of drug-likeness (QED) is 0.905. The molecule has 0 atom stereocenters. The minimum atomic E-state index is 0.531. The Balaban J connectivity index is 2.07. The number of para-hydroxylation sites is 2. The van der Waals surface area contributed by atoms with Gasteiger partial charge in [-0.15, -0.1) is 0 Å². The maximum absolute atomic E-state index is 5.90. The molecular formula is C15H19N5. The van der Waals surface area contributed by atoms with E-state index in [9.17, 15) is 0 Å². The lowest BCUT2D eigenvalue weighted by Crippen LogP contribution is -2.37. The van der Waals surface area contributed by atoms with Gasteiger partial charge in [0.05, 0.1) is 11.4 Å². The second-order valence-corrected chi connectivity index (χ2v) is 4.98. The molecule has 0 spiro atoms. The van der Waals surface area contributed by atoms with E-state index >= 15 is 0 Å². The van der Waals surface area contributed by atoms with Crippen molar-refractivity contribution in [2.75, 3.05) is 35.7 Å². The lowest BCUT2D eigenvalue weighted by Gasteiger charge is -2.36. The molecule has 1 aromatic carbocycles. The normalized spacial score (nSPS) is 14.3. The highest BCUT2D eigenvalue weighted by Gasteiger charge is 2.22. The molecule has 3 rings (SSSR count).